The average molecular weight is 530 g/mol. The van der Waals surface area contributed by atoms with Crippen LogP contribution in [0.2, 0.25) is 0 Å². The van der Waals surface area contributed by atoms with Gasteiger partial charge in [0.15, 0.2) is 17.5 Å². The van der Waals surface area contributed by atoms with Gasteiger partial charge in [0.05, 0.1) is 27.4 Å². The molecule has 1 saturated heterocycles. The van der Waals surface area contributed by atoms with Crippen LogP contribution >= 0.6 is 24.0 Å². The number of halogens is 1. The van der Waals surface area contributed by atoms with Gasteiger partial charge in [0.1, 0.15) is 0 Å². The predicted octanol–water partition coefficient (Wildman–Crippen LogP) is 2.75. The molecule has 8 heteroatoms. The molecule has 1 aromatic carbocycles. The molecule has 2 heterocycles. The molecule has 0 atom stereocenters. The fraction of sp³-hybridized carbons (Fsp3) is 0.591. The fourth-order valence-electron chi connectivity index (χ4n) is 3.81. The summed E-state index contributed by atoms with van der Waals surface area (Å²) < 4.78 is 16.1. The number of nitrogens with one attached hydrogen (secondary N) is 1. The van der Waals surface area contributed by atoms with Crippen LogP contribution < -0.4 is 14.8 Å². The van der Waals surface area contributed by atoms with Crippen LogP contribution in [0.25, 0.3) is 0 Å². The van der Waals surface area contributed by atoms with Crippen LogP contribution in [0.4, 0.5) is 0 Å². The highest BCUT2D eigenvalue weighted by Crippen LogP contribution is 2.28. The molecular weight excluding hydrogens is 495 g/mol. The third kappa shape index (κ3) is 7.02. The van der Waals surface area contributed by atoms with Gasteiger partial charge in [-0.05, 0) is 30.5 Å². The molecule has 1 fully saturated rings. The first-order valence-corrected chi connectivity index (χ1v) is 10.4. The molecule has 0 bridgehead atoms. The van der Waals surface area contributed by atoms with Crippen molar-refractivity contribution in [2.75, 3.05) is 67.2 Å². The van der Waals surface area contributed by atoms with Crippen molar-refractivity contribution in [2.45, 2.75) is 19.4 Å². The molecule has 0 amide bonds. The second-order valence-electron chi connectivity index (χ2n) is 7.36. The zero-order valence-corrected chi connectivity index (χ0v) is 20.7. The normalized spacial score (nSPS) is 17.8. The van der Waals surface area contributed by atoms with Crippen molar-refractivity contribution in [3.05, 3.63) is 35.4 Å². The van der Waals surface area contributed by atoms with Crippen molar-refractivity contribution in [1.29, 1.82) is 0 Å². The Morgan fingerprint density at radius 3 is 2.53 bits per heavy atom. The summed E-state index contributed by atoms with van der Waals surface area (Å²) in [5, 5.41) is 3.52. The number of aliphatic imine (C=N–C) groups is 1. The van der Waals surface area contributed by atoms with E-state index in [9.17, 15) is 0 Å². The van der Waals surface area contributed by atoms with Crippen LogP contribution in [-0.4, -0.2) is 83.0 Å². The first-order chi connectivity index (χ1) is 14.2. The molecule has 7 nitrogen and oxygen atoms in total. The van der Waals surface area contributed by atoms with E-state index in [-0.39, 0.29) is 24.0 Å². The van der Waals surface area contributed by atoms with Gasteiger partial charge in [-0.3, -0.25) is 9.89 Å². The molecule has 0 saturated carbocycles. The summed E-state index contributed by atoms with van der Waals surface area (Å²) in [6.45, 7) is 7.41. The summed E-state index contributed by atoms with van der Waals surface area (Å²) in [5.41, 5.74) is 2.72. The Labute approximate surface area is 197 Å². The maximum Gasteiger partial charge on any atom is 0.193 e. The largest absolute Gasteiger partial charge is 0.493 e. The number of ether oxygens (including phenoxy) is 3. The molecule has 2 aliphatic heterocycles. The van der Waals surface area contributed by atoms with Crippen LogP contribution in [0.5, 0.6) is 11.5 Å². The number of hydrogen-bond acceptors (Lipinski definition) is 5. The van der Waals surface area contributed by atoms with Gasteiger partial charge < -0.3 is 24.4 Å². The van der Waals surface area contributed by atoms with Crippen LogP contribution in [0.15, 0.2) is 34.8 Å². The van der Waals surface area contributed by atoms with E-state index in [1.165, 1.54) is 11.1 Å². The molecule has 3 rings (SSSR count). The first kappa shape index (κ1) is 24.7. The van der Waals surface area contributed by atoms with E-state index in [0.717, 1.165) is 82.8 Å². The minimum atomic E-state index is 0. The number of guanidine groups is 1. The Morgan fingerprint density at radius 2 is 1.90 bits per heavy atom. The second kappa shape index (κ2) is 13.0. The van der Waals surface area contributed by atoms with Crippen molar-refractivity contribution < 1.29 is 14.2 Å². The highest BCUT2D eigenvalue weighted by Gasteiger charge is 2.20. The van der Waals surface area contributed by atoms with Gasteiger partial charge >= 0.3 is 0 Å². The van der Waals surface area contributed by atoms with Crippen LogP contribution in [0, 0.1) is 0 Å². The third-order valence-electron chi connectivity index (χ3n) is 5.52. The van der Waals surface area contributed by atoms with Gasteiger partial charge in [-0.1, -0.05) is 17.7 Å². The van der Waals surface area contributed by atoms with Crippen LogP contribution in [0.1, 0.15) is 18.4 Å². The zero-order chi connectivity index (χ0) is 20.5. The topological polar surface area (TPSA) is 58.6 Å². The van der Waals surface area contributed by atoms with Crippen molar-refractivity contribution in [3.63, 3.8) is 0 Å². The monoisotopic (exact) mass is 530 g/mol. The van der Waals surface area contributed by atoms with Gasteiger partial charge in [0, 0.05) is 46.3 Å². The number of hydrogen-bond donors (Lipinski definition) is 1. The van der Waals surface area contributed by atoms with Gasteiger partial charge in [0.2, 0.25) is 0 Å². The number of piperazine rings is 1. The number of rotatable bonds is 7. The van der Waals surface area contributed by atoms with E-state index in [2.05, 4.69) is 38.3 Å². The minimum Gasteiger partial charge on any atom is -0.493 e. The lowest BCUT2D eigenvalue weighted by atomic mass is 10.1. The number of methoxy groups -OCH3 is 2. The van der Waals surface area contributed by atoms with Crippen molar-refractivity contribution >= 4 is 29.9 Å². The van der Waals surface area contributed by atoms with Crippen molar-refractivity contribution in [3.8, 4) is 11.5 Å². The molecule has 30 heavy (non-hydrogen) atoms. The molecule has 0 unspecified atom stereocenters. The Morgan fingerprint density at radius 1 is 1.13 bits per heavy atom. The molecule has 1 N–H and O–H groups in total. The lowest BCUT2D eigenvalue weighted by Crippen LogP contribution is -2.52. The van der Waals surface area contributed by atoms with Gasteiger partial charge in [-0.2, -0.15) is 0 Å². The van der Waals surface area contributed by atoms with Crippen molar-refractivity contribution in [1.82, 2.24) is 15.1 Å². The highest BCUT2D eigenvalue weighted by atomic mass is 127. The summed E-state index contributed by atoms with van der Waals surface area (Å²) in [7, 11) is 5.21. The molecule has 0 spiro atoms. The summed E-state index contributed by atoms with van der Waals surface area (Å²) >= 11 is 0. The van der Waals surface area contributed by atoms with Crippen LogP contribution in [-0.2, 0) is 11.3 Å². The quantitative estimate of drug-likeness (QED) is 0.253. The van der Waals surface area contributed by atoms with E-state index in [0.29, 0.717) is 0 Å². The summed E-state index contributed by atoms with van der Waals surface area (Å²) in [4.78, 5) is 9.30. The molecule has 2 aliphatic rings. The van der Waals surface area contributed by atoms with E-state index in [1.807, 2.05) is 13.1 Å². The lowest BCUT2D eigenvalue weighted by molar-refractivity contribution is 0.153. The van der Waals surface area contributed by atoms with Crippen LogP contribution in [0.3, 0.4) is 0 Å². The maximum absolute atomic E-state index is 5.42. The van der Waals surface area contributed by atoms with E-state index in [1.54, 1.807) is 14.2 Å². The Hall–Kier alpha value is -1.52. The standard InChI is InChI=1S/C22H34N4O3.HI/c1-23-22(24-9-6-18-7-14-29-15-8-18)26-12-10-25(11-13-26)17-19-4-5-20(27-2)21(16-19)28-3;/h4-5,7,16H,6,8-15,17H2,1-3H3,(H,23,24);1H. The summed E-state index contributed by atoms with van der Waals surface area (Å²) in [6.07, 6.45) is 4.32. The first-order valence-electron chi connectivity index (χ1n) is 10.4. The molecule has 1 aromatic rings. The molecule has 0 radical (unpaired) electrons. The maximum atomic E-state index is 5.42. The summed E-state index contributed by atoms with van der Waals surface area (Å²) in [5.74, 6) is 2.56. The number of nitrogens with zero attached hydrogens (tertiary/aromatic N) is 3. The molecule has 0 aromatic heterocycles. The van der Waals surface area contributed by atoms with E-state index in [4.69, 9.17) is 14.2 Å². The number of benzene rings is 1. The lowest BCUT2D eigenvalue weighted by Gasteiger charge is -2.36. The minimum absolute atomic E-state index is 0. The second-order valence-corrected chi connectivity index (χ2v) is 7.36. The van der Waals surface area contributed by atoms with Gasteiger partial charge in [0.25, 0.3) is 0 Å². The van der Waals surface area contributed by atoms with E-state index >= 15 is 0 Å². The predicted molar refractivity (Wildman–Crippen MR) is 131 cm³/mol. The van der Waals surface area contributed by atoms with Gasteiger partial charge in [-0.25, -0.2) is 0 Å². The Kier molecular flexibility index (Phi) is 10.7. The van der Waals surface area contributed by atoms with Gasteiger partial charge in [-0.15, -0.1) is 24.0 Å². The summed E-state index contributed by atoms with van der Waals surface area (Å²) in [6, 6.07) is 6.15. The van der Waals surface area contributed by atoms with E-state index < -0.39 is 0 Å². The third-order valence-corrected chi connectivity index (χ3v) is 5.52. The molecule has 0 aliphatic carbocycles. The molecular formula is C22H35IN4O3. The zero-order valence-electron chi connectivity index (χ0n) is 18.4. The Balaban J connectivity index is 0.00000320. The van der Waals surface area contributed by atoms with Crippen molar-refractivity contribution in [2.24, 2.45) is 4.99 Å². The molecule has 168 valence electrons. The highest BCUT2D eigenvalue weighted by molar-refractivity contribution is 14.0. The Bertz CT molecular complexity index is 718. The SMILES string of the molecule is CN=C(NCCC1=CCOCC1)N1CCN(Cc2ccc(OC)c(OC)c2)CC1.I. The fourth-order valence-corrected chi connectivity index (χ4v) is 3.81. The average Bonchev–Trinajstić information content (AvgIpc) is 2.78. The smallest absolute Gasteiger partial charge is 0.193 e.